The Balaban J connectivity index is 1.35. The Hall–Kier alpha value is -4.00. The molecule has 0 radical (unpaired) electrons. The van der Waals surface area contributed by atoms with E-state index in [4.69, 9.17) is 10.5 Å². The van der Waals surface area contributed by atoms with Gasteiger partial charge in [0.2, 0.25) is 0 Å². The average Bonchev–Trinajstić information content (AvgIpc) is 3.01. The molecule has 7 heteroatoms. The molecular formula is C38H49NO6. The summed E-state index contributed by atoms with van der Waals surface area (Å²) < 4.78 is 6.04. The molecule has 242 valence electrons. The van der Waals surface area contributed by atoms with Gasteiger partial charge in [-0.2, -0.15) is 0 Å². The van der Waals surface area contributed by atoms with E-state index >= 15 is 0 Å². The molecule has 0 amide bonds. The summed E-state index contributed by atoms with van der Waals surface area (Å²) in [5.74, 6) is -1.78. The quantitative estimate of drug-likeness (QED) is 0.0469. The second kappa shape index (κ2) is 16.9. The van der Waals surface area contributed by atoms with Crippen LogP contribution in [0, 0.1) is 0 Å². The minimum Gasteiger partial charge on any atom is -0.508 e. The third-order valence-electron chi connectivity index (χ3n) is 8.95. The van der Waals surface area contributed by atoms with Gasteiger partial charge in [-0.1, -0.05) is 121 Å². The number of fused-ring (bicyclic) bond motifs is 2. The van der Waals surface area contributed by atoms with Crippen LogP contribution < -0.4 is 10.5 Å². The molecule has 0 spiro atoms. The maximum absolute atomic E-state index is 13.4. The number of hydrogen-bond donors (Lipinski definition) is 4. The largest absolute Gasteiger partial charge is 0.508 e. The number of carboxylic acids is 1. The lowest BCUT2D eigenvalue weighted by Gasteiger charge is -2.31. The van der Waals surface area contributed by atoms with Crippen molar-refractivity contribution in [2.24, 2.45) is 0 Å². The number of aromatic carboxylic acids is 1. The molecule has 45 heavy (non-hydrogen) atoms. The van der Waals surface area contributed by atoms with Crippen molar-refractivity contribution >= 4 is 17.4 Å². The van der Waals surface area contributed by atoms with Crippen LogP contribution >= 0.6 is 0 Å². The molecule has 3 aromatic rings. The second-order valence-electron chi connectivity index (χ2n) is 12.4. The number of carboxylic acid groups (broad SMARTS) is 1. The van der Waals surface area contributed by atoms with Gasteiger partial charge in [0.15, 0.2) is 5.78 Å². The normalized spacial score (nSPS) is 13.6. The lowest BCUT2D eigenvalue weighted by atomic mass is 9.78. The predicted octanol–water partition coefficient (Wildman–Crippen LogP) is 10.1. The van der Waals surface area contributed by atoms with E-state index in [0.717, 1.165) is 19.3 Å². The van der Waals surface area contributed by atoms with Crippen LogP contribution in [0.5, 0.6) is 23.0 Å². The zero-order valence-electron chi connectivity index (χ0n) is 26.7. The number of phenolic OH excluding ortho intramolecular Hbond substituents is 2. The zero-order valence-corrected chi connectivity index (χ0v) is 26.7. The van der Waals surface area contributed by atoms with E-state index in [1.54, 1.807) is 24.3 Å². The molecule has 0 aliphatic carbocycles. The van der Waals surface area contributed by atoms with Gasteiger partial charge in [0, 0.05) is 35.6 Å². The number of Topliss-reactive ketones (excluding diaryl/α,β-unsaturated/α-hetero) is 1. The number of hydrogen-bond acceptors (Lipinski definition) is 6. The van der Waals surface area contributed by atoms with Gasteiger partial charge in [-0.3, -0.25) is 4.79 Å². The fourth-order valence-electron chi connectivity index (χ4n) is 6.53. The van der Waals surface area contributed by atoms with Crippen molar-refractivity contribution < 1.29 is 29.6 Å². The molecule has 0 aromatic heterocycles. The zero-order chi connectivity index (χ0) is 32.2. The van der Waals surface area contributed by atoms with Gasteiger partial charge in [-0.25, -0.2) is 4.79 Å². The van der Waals surface area contributed by atoms with Crippen LogP contribution in [0.15, 0.2) is 48.5 Å². The van der Waals surface area contributed by atoms with Crippen LogP contribution in [0.25, 0.3) is 0 Å². The van der Waals surface area contributed by atoms with E-state index in [9.17, 15) is 24.9 Å². The first-order chi connectivity index (χ1) is 21.8. The van der Waals surface area contributed by atoms with Crippen molar-refractivity contribution in [1.29, 1.82) is 0 Å². The molecule has 1 aliphatic heterocycles. The molecule has 1 heterocycles. The predicted molar refractivity (Wildman–Crippen MR) is 179 cm³/mol. The van der Waals surface area contributed by atoms with Gasteiger partial charge >= 0.3 is 5.97 Å². The van der Waals surface area contributed by atoms with E-state index in [0.29, 0.717) is 28.9 Å². The first kappa shape index (κ1) is 33.9. The highest BCUT2D eigenvalue weighted by molar-refractivity contribution is 6.05. The Morgan fingerprint density at radius 2 is 1.31 bits per heavy atom. The summed E-state index contributed by atoms with van der Waals surface area (Å²) in [6, 6.07) is 12.6. The maximum atomic E-state index is 13.4. The summed E-state index contributed by atoms with van der Waals surface area (Å²) in [7, 11) is 0. The van der Waals surface area contributed by atoms with Crippen LogP contribution in [0.2, 0.25) is 0 Å². The van der Waals surface area contributed by atoms with Crippen LogP contribution in [-0.4, -0.2) is 27.1 Å². The highest BCUT2D eigenvalue weighted by Gasteiger charge is 2.36. The number of nitrogen functional groups attached to an aromatic ring is 1. The summed E-state index contributed by atoms with van der Waals surface area (Å²) in [6.07, 6.45) is 18.8. The van der Waals surface area contributed by atoms with E-state index in [1.807, 2.05) is 0 Å². The van der Waals surface area contributed by atoms with Gasteiger partial charge in [-0.05, 0) is 24.1 Å². The summed E-state index contributed by atoms with van der Waals surface area (Å²) >= 11 is 0. The Kier molecular flexibility index (Phi) is 12.7. The summed E-state index contributed by atoms with van der Waals surface area (Å²) in [5.41, 5.74) is 8.37. The Morgan fingerprint density at radius 3 is 1.91 bits per heavy atom. The number of carbonyl (C=O) groups is 2. The van der Waals surface area contributed by atoms with Gasteiger partial charge in [-0.15, -0.1) is 0 Å². The van der Waals surface area contributed by atoms with Crippen molar-refractivity contribution in [3.05, 3.63) is 76.3 Å². The lowest BCUT2D eigenvalue weighted by molar-refractivity contribution is 0.0695. The standard InChI is InChI=1S/C38H49NO6/c1-2-3-4-5-6-7-8-9-10-11-12-13-14-15-16-21-30(41)35-31(42)25-33-36(37(35)39)34(27-19-17-18-20-28(27)38(43)44)29-23-22-26(40)24-32(29)45-33/h17-20,22-25,34,40,42H,2-16,21,39H2,1H3,(H,43,44). The van der Waals surface area contributed by atoms with E-state index < -0.39 is 11.9 Å². The number of phenols is 2. The molecule has 7 nitrogen and oxygen atoms in total. The third kappa shape index (κ3) is 8.80. The molecule has 0 fully saturated rings. The highest BCUT2D eigenvalue weighted by atomic mass is 16.5. The molecule has 1 unspecified atom stereocenters. The number of carbonyl (C=O) groups excluding carboxylic acids is 1. The van der Waals surface area contributed by atoms with Gasteiger partial charge < -0.3 is 25.8 Å². The average molecular weight is 616 g/mol. The number of ether oxygens (including phenoxy) is 1. The first-order valence-electron chi connectivity index (χ1n) is 16.8. The molecule has 1 aliphatic rings. The smallest absolute Gasteiger partial charge is 0.335 e. The van der Waals surface area contributed by atoms with Crippen molar-refractivity contribution in [3.8, 4) is 23.0 Å². The van der Waals surface area contributed by atoms with Crippen molar-refractivity contribution in [1.82, 2.24) is 0 Å². The minimum atomic E-state index is -1.10. The van der Waals surface area contributed by atoms with Crippen molar-refractivity contribution in [2.45, 2.75) is 116 Å². The highest BCUT2D eigenvalue weighted by Crippen LogP contribution is 2.53. The third-order valence-corrected chi connectivity index (χ3v) is 8.95. The molecule has 0 saturated heterocycles. The number of nitrogens with two attached hydrogens (primary N) is 1. The Bertz CT molecular complexity index is 1450. The molecule has 5 N–H and O–H groups in total. The van der Waals surface area contributed by atoms with Gasteiger partial charge in [0.1, 0.15) is 23.0 Å². The minimum absolute atomic E-state index is 0.0186. The number of anilines is 1. The Morgan fingerprint density at radius 1 is 0.733 bits per heavy atom. The summed E-state index contributed by atoms with van der Waals surface area (Å²) in [5, 5.41) is 31.0. The van der Waals surface area contributed by atoms with Crippen molar-refractivity contribution in [2.75, 3.05) is 5.73 Å². The van der Waals surface area contributed by atoms with Crippen molar-refractivity contribution in [3.63, 3.8) is 0 Å². The lowest BCUT2D eigenvalue weighted by Crippen LogP contribution is -2.18. The topological polar surface area (TPSA) is 130 Å². The van der Waals surface area contributed by atoms with E-state index in [-0.39, 0.29) is 46.3 Å². The molecule has 1 atom stereocenters. The fourth-order valence-corrected chi connectivity index (χ4v) is 6.53. The molecular weight excluding hydrogens is 566 g/mol. The number of rotatable bonds is 19. The monoisotopic (exact) mass is 615 g/mol. The van der Waals surface area contributed by atoms with Crippen LogP contribution in [0.4, 0.5) is 5.69 Å². The first-order valence-corrected chi connectivity index (χ1v) is 16.8. The molecule has 4 rings (SSSR count). The summed E-state index contributed by atoms with van der Waals surface area (Å²) in [6.45, 7) is 2.25. The Labute approximate surface area is 267 Å². The number of unbranched alkanes of at least 4 members (excludes halogenated alkanes) is 14. The summed E-state index contributed by atoms with van der Waals surface area (Å²) in [4.78, 5) is 25.6. The SMILES string of the molecule is CCCCCCCCCCCCCCCCCC(=O)c1c(O)cc2c(c1N)C(c1ccccc1C(=O)O)c1ccc(O)cc1O2. The van der Waals surface area contributed by atoms with Crippen LogP contribution in [0.3, 0.4) is 0 Å². The fraction of sp³-hybridized carbons (Fsp3) is 0.474. The maximum Gasteiger partial charge on any atom is 0.335 e. The van der Waals surface area contributed by atoms with E-state index in [1.165, 1.54) is 94.9 Å². The van der Waals surface area contributed by atoms with Gasteiger partial charge in [0.25, 0.3) is 0 Å². The van der Waals surface area contributed by atoms with Crippen LogP contribution in [-0.2, 0) is 0 Å². The number of aromatic hydroxyl groups is 2. The molecule has 0 saturated carbocycles. The van der Waals surface area contributed by atoms with E-state index in [2.05, 4.69) is 6.92 Å². The molecule has 0 bridgehead atoms. The van der Waals surface area contributed by atoms with Crippen LogP contribution in [0.1, 0.15) is 153 Å². The van der Waals surface area contributed by atoms with Gasteiger partial charge in [0.05, 0.1) is 16.8 Å². The molecule has 3 aromatic carbocycles. The number of benzene rings is 3. The second-order valence-corrected chi connectivity index (χ2v) is 12.4. The number of ketones is 1.